The van der Waals surface area contributed by atoms with E-state index in [4.69, 9.17) is 0 Å². The van der Waals surface area contributed by atoms with Crippen molar-refractivity contribution in [2.75, 3.05) is 6.54 Å². The minimum atomic E-state index is 0.116. The van der Waals surface area contributed by atoms with Crippen LogP contribution in [0, 0.1) is 6.92 Å². The number of aryl methyl sites for hydroxylation is 2. The summed E-state index contributed by atoms with van der Waals surface area (Å²) in [5, 5.41) is 8.53. The highest BCUT2D eigenvalue weighted by molar-refractivity contribution is 5.76. The summed E-state index contributed by atoms with van der Waals surface area (Å²) in [4.78, 5) is 23.0. The number of hydrogen-bond acceptors (Lipinski definition) is 5. The molecule has 0 radical (unpaired) electrons. The first kappa shape index (κ1) is 17.3. The Morgan fingerprint density at radius 2 is 2.04 bits per heavy atom. The van der Waals surface area contributed by atoms with Crippen molar-refractivity contribution >= 4 is 5.91 Å². The summed E-state index contributed by atoms with van der Waals surface area (Å²) < 4.78 is 2.18. The average molecular weight is 362 g/mol. The summed E-state index contributed by atoms with van der Waals surface area (Å²) in [6.45, 7) is 3.14. The van der Waals surface area contributed by atoms with E-state index in [1.807, 2.05) is 30.0 Å². The van der Waals surface area contributed by atoms with E-state index in [0.717, 1.165) is 23.8 Å². The van der Waals surface area contributed by atoms with Gasteiger partial charge in [0.05, 0.1) is 18.3 Å². The first-order chi connectivity index (χ1) is 13.2. The first-order valence-electron chi connectivity index (χ1n) is 9.17. The Balaban J connectivity index is 1.49. The van der Waals surface area contributed by atoms with Gasteiger partial charge in [-0.25, -0.2) is 0 Å². The number of amides is 1. The molecule has 138 valence electrons. The molecule has 1 atom stereocenters. The SMILES string of the molecule is Cc1nnc2n1[C@H](Cc1ccccc1)CN(C(=O)CCc1cnccn1)C2. The maximum absolute atomic E-state index is 12.8. The molecule has 1 amide bonds. The number of hydrogen-bond donors (Lipinski definition) is 0. The lowest BCUT2D eigenvalue weighted by Gasteiger charge is -2.34. The molecule has 0 saturated heterocycles. The molecule has 0 aliphatic carbocycles. The Labute approximate surface area is 158 Å². The molecule has 0 fully saturated rings. The van der Waals surface area contributed by atoms with Crippen LogP contribution in [-0.4, -0.2) is 42.1 Å². The lowest BCUT2D eigenvalue weighted by Crippen LogP contribution is -2.42. The number of rotatable bonds is 5. The Bertz CT molecular complexity index is 909. The minimum Gasteiger partial charge on any atom is -0.333 e. The molecule has 0 spiro atoms. The van der Waals surface area contributed by atoms with E-state index in [-0.39, 0.29) is 11.9 Å². The maximum Gasteiger partial charge on any atom is 0.223 e. The molecule has 0 saturated carbocycles. The Kier molecular flexibility index (Phi) is 4.91. The zero-order valence-corrected chi connectivity index (χ0v) is 15.3. The number of nitrogens with zero attached hydrogens (tertiary/aromatic N) is 6. The number of carbonyl (C=O) groups is 1. The van der Waals surface area contributed by atoms with Crippen LogP contribution in [0.2, 0.25) is 0 Å². The number of carbonyl (C=O) groups excluding carboxylic acids is 1. The molecule has 1 aliphatic heterocycles. The summed E-state index contributed by atoms with van der Waals surface area (Å²) in [5.74, 6) is 1.87. The van der Waals surface area contributed by atoms with Crippen LogP contribution in [0.4, 0.5) is 0 Å². The van der Waals surface area contributed by atoms with Gasteiger partial charge in [-0.15, -0.1) is 10.2 Å². The zero-order chi connectivity index (χ0) is 18.6. The van der Waals surface area contributed by atoms with Crippen LogP contribution in [0.25, 0.3) is 0 Å². The normalized spacial score (nSPS) is 16.2. The predicted molar refractivity (Wildman–Crippen MR) is 99.7 cm³/mol. The Morgan fingerprint density at radius 3 is 2.81 bits per heavy atom. The van der Waals surface area contributed by atoms with Crippen molar-refractivity contribution in [1.82, 2.24) is 29.6 Å². The summed E-state index contributed by atoms with van der Waals surface area (Å²) in [6.07, 6.45) is 6.87. The van der Waals surface area contributed by atoms with E-state index < -0.39 is 0 Å². The standard InChI is InChI=1S/C20H22N6O/c1-15-23-24-19-14-25(20(27)8-7-17-12-21-9-10-22-17)13-18(26(15)19)11-16-5-3-2-4-6-16/h2-6,9-10,12,18H,7-8,11,13-14H2,1H3/t18-/m1/s1. The highest BCUT2D eigenvalue weighted by atomic mass is 16.2. The van der Waals surface area contributed by atoms with E-state index in [1.165, 1.54) is 5.56 Å². The molecule has 1 aromatic carbocycles. The molecule has 3 aromatic rings. The number of aromatic nitrogens is 5. The molecule has 27 heavy (non-hydrogen) atoms. The molecular weight excluding hydrogens is 340 g/mol. The van der Waals surface area contributed by atoms with Crippen molar-refractivity contribution in [1.29, 1.82) is 0 Å². The Hall–Kier alpha value is -3.09. The van der Waals surface area contributed by atoms with Crippen LogP contribution in [0.1, 0.15) is 35.4 Å². The second-order valence-electron chi connectivity index (χ2n) is 6.85. The first-order valence-corrected chi connectivity index (χ1v) is 9.17. The molecule has 7 nitrogen and oxygen atoms in total. The molecule has 4 rings (SSSR count). The summed E-state index contributed by atoms with van der Waals surface area (Å²) >= 11 is 0. The van der Waals surface area contributed by atoms with Crippen molar-refractivity contribution in [3.05, 3.63) is 71.8 Å². The highest BCUT2D eigenvalue weighted by Crippen LogP contribution is 2.25. The smallest absolute Gasteiger partial charge is 0.223 e. The van der Waals surface area contributed by atoms with Gasteiger partial charge in [0.25, 0.3) is 0 Å². The van der Waals surface area contributed by atoms with Gasteiger partial charge < -0.3 is 9.47 Å². The van der Waals surface area contributed by atoms with Gasteiger partial charge in [-0.1, -0.05) is 30.3 Å². The third-order valence-electron chi connectivity index (χ3n) is 4.94. The molecule has 7 heteroatoms. The molecule has 0 bridgehead atoms. The third kappa shape index (κ3) is 3.86. The molecular formula is C20H22N6O. The lowest BCUT2D eigenvalue weighted by atomic mass is 10.0. The van der Waals surface area contributed by atoms with Crippen molar-refractivity contribution in [2.45, 2.75) is 38.8 Å². The Morgan fingerprint density at radius 1 is 1.19 bits per heavy atom. The quantitative estimate of drug-likeness (QED) is 0.695. The zero-order valence-electron chi connectivity index (χ0n) is 15.3. The fraction of sp³-hybridized carbons (Fsp3) is 0.350. The molecule has 2 aromatic heterocycles. The van der Waals surface area contributed by atoms with Gasteiger partial charge in [0, 0.05) is 31.6 Å². The van der Waals surface area contributed by atoms with Crippen LogP contribution in [0.3, 0.4) is 0 Å². The van der Waals surface area contributed by atoms with Gasteiger partial charge in [0.2, 0.25) is 5.91 Å². The van der Waals surface area contributed by atoms with Crippen molar-refractivity contribution < 1.29 is 4.79 Å². The van der Waals surface area contributed by atoms with E-state index in [2.05, 4.69) is 36.9 Å². The van der Waals surface area contributed by atoms with Gasteiger partial charge in [-0.3, -0.25) is 14.8 Å². The summed E-state index contributed by atoms with van der Waals surface area (Å²) in [6, 6.07) is 10.5. The molecule has 0 N–H and O–H groups in total. The van der Waals surface area contributed by atoms with E-state index in [0.29, 0.717) is 25.9 Å². The van der Waals surface area contributed by atoms with E-state index in [1.54, 1.807) is 18.6 Å². The highest BCUT2D eigenvalue weighted by Gasteiger charge is 2.30. The average Bonchev–Trinajstić information content (AvgIpc) is 3.09. The molecule has 0 unspecified atom stereocenters. The van der Waals surface area contributed by atoms with Crippen LogP contribution in [0.5, 0.6) is 0 Å². The van der Waals surface area contributed by atoms with Gasteiger partial charge in [0.15, 0.2) is 5.82 Å². The lowest BCUT2D eigenvalue weighted by molar-refractivity contribution is -0.133. The van der Waals surface area contributed by atoms with Crippen LogP contribution in [0.15, 0.2) is 48.9 Å². The van der Waals surface area contributed by atoms with Gasteiger partial charge in [-0.2, -0.15) is 0 Å². The summed E-state index contributed by atoms with van der Waals surface area (Å²) in [5.41, 5.74) is 2.08. The minimum absolute atomic E-state index is 0.116. The van der Waals surface area contributed by atoms with Crippen molar-refractivity contribution in [3.63, 3.8) is 0 Å². The number of fused-ring (bicyclic) bond motifs is 1. The van der Waals surface area contributed by atoms with E-state index >= 15 is 0 Å². The monoisotopic (exact) mass is 362 g/mol. The number of benzene rings is 1. The fourth-order valence-corrected chi connectivity index (χ4v) is 3.65. The van der Waals surface area contributed by atoms with Crippen LogP contribution in [-0.2, 0) is 24.2 Å². The summed E-state index contributed by atoms with van der Waals surface area (Å²) in [7, 11) is 0. The van der Waals surface area contributed by atoms with E-state index in [9.17, 15) is 4.79 Å². The molecule has 1 aliphatic rings. The van der Waals surface area contributed by atoms with Crippen LogP contribution >= 0.6 is 0 Å². The van der Waals surface area contributed by atoms with Crippen LogP contribution < -0.4 is 0 Å². The van der Waals surface area contributed by atoms with Crippen molar-refractivity contribution in [3.8, 4) is 0 Å². The fourth-order valence-electron chi connectivity index (χ4n) is 3.65. The second-order valence-corrected chi connectivity index (χ2v) is 6.85. The third-order valence-corrected chi connectivity index (χ3v) is 4.94. The topological polar surface area (TPSA) is 76.8 Å². The predicted octanol–water partition coefficient (Wildman–Crippen LogP) is 2.14. The largest absolute Gasteiger partial charge is 0.333 e. The molecule has 3 heterocycles. The van der Waals surface area contributed by atoms with Gasteiger partial charge >= 0.3 is 0 Å². The maximum atomic E-state index is 12.8. The van der Waals surface area contributed by atoms with Gasteiger partial charge in [-0.05, 0) is 25.3 Å². The van der Waals surface area contributed by atoms with Gasteiger partial charge in [0.1, 0.15) is 5.82 Å². The van der Waals surface area contributed by atoms with Crippen molar-refractivity contribution in [2.24, 2.45) is 0 Å². The second kappa shape index (κ2) is 7.65.